The van der Waals surface area contributed by atoms with Crippen LogP contribution in [0.25, 0.3) is 0 Å². The summed E-state index contributed by atoms with van der Waals surface area (Å²) in [5, 5.41) is 9.17. The minimum atomic E-state index is -0.00124. The summed E-state index contributed by atoms with van der Waals surface area (Å²) in [6, 6.07) is 10.6. The van der Waals surface area contributed by atoms with Gasteiger partial charge in [-0.2, -0.15) is 0 Å². The molecule has 0 radical (unpaired) electrons. The highest BCUT2D eigenvalue weighted by Gasteiger charge is 2.25. The fourth-order valence-corrected chi connectivity index (χ4v) is 2.73. The molecule has 1 fully saturated rings. The van der Waals surface area contributed by atoms with Gasteiger partial charge in [0.1, 0.15) is 0 Å². The molecule has 2 heterocycles. The number of benzene rings is 1. The summed E-state index contributed by atoms with van der Waals surface area (Å²) in [6.45, 7) is 3.86. The Labute approximate surface area is 119 Å². The first-order valence-electron chi connectivity index (χ1n) is 7.01. The van der Waals surface area contributed by atoms with Crippen molar-refractivity contribution < 1.29 is 5.11 Å². The minimum Gasteiger partial charge on any atom is -0.392 e. The van der Waals surface area contributed by atoms with E-state index in [9.17, 15) is 5.11 Å². The monoisotopic (exact) mass is 269 g/mol. The summed E-state index contributed by atoms with van der Waals surface area (Å²) in [7, 11) is 0. The zero-order chi connectivity index (χ0) is 13.9. The number of rotatable bonds is 3. The number of aromatic nitrogens is 2. The SMILES string of the molecule is Cc1nc(N2CCC(c3ccccc3)C2)ncc1CO. The van der Waals surface area contributed by atoms with Crippen molar-refractivity contribution in [3.63, 3.8) is 0 Å². The van der Waals surface area contributed by atoms with Gasteiger partial charge in [0.05, 0.1) is 6.61 Å². The van der Waals surface area contributed by atoms with Crippen LogP contribution in [0.4, 0.5) is 5.95 Å². The summed E-state index contributed by atoms with van der Waals surface area (Å²) < 4.78 is 0. The van der Waals surface area contributed by atoms with E-state index < -0.39 is 0 Å². The molecule has 1 unspecified atom stereocenters. The van der Waals surface area contributed by atoms with Crippen molar-refractivity contribution in [1.82, 2.24) is 9.97 Å². The molecule has 1 aliphatic rings. The fourth-order valence-electron chi connectivity index (χ4n) is 2.73. The molecule has 104 valence electrons. The average molecular weight is 269 g/mol. The largest absolute Gasteiger partial charge is 0.392 e. The third-order valence-corrected chi connectivity index (χ3v) is 3.98. The molecule has 4 nitrogen and oxygen atoms in total. The highest BCUT2D eigenvalue weighted by atomic mass is 16.3. The molecule has 0 amide bonds. The van der Waals surface area contributed by atoms with Crippen molar-refractivity contribution in [3.05, 3.63) is 53.3 Å². The quantitative estimate of drug-likeness (QED) is 0.928. The Kier molecular flexibility index (Phi) is 3.65. The molecule has 20 heavy (non-hydrogen) atoms. The third-order valence-electron chi connectivity index (χ3n) is 3.98. The van der Waals surface area contributed by atoms with Gasteiger partial charge in [0.15, 0.2) is 0 Å². The van der Waals surface area contributed by atoms with E-state index in [4.69, 9.17) is 0 Å². The fraction of sp³-hybridized carbons (Fsp3) is 0.375. The molecule has 0 aliphatic carbocycles. The molecule has 4 heteroatoms. The minimum absolute atomic E-state index is 0.00124. The maximum atomic E-state index is 9.17. The lowest BCUT2D eigenvalue weighted by Gasteiger charge is -2.17. The first kappa shape index (κ1) is 13.1. The summed E-state index contributed by atoms with van der Waals surface area (Å²) >= 11 is 0. The van der Waals surface area contributed by atoms with Crippen molar-refractivity contribution in [2.45, 2.75) is 25.9 Å². The molecule has 3 rings (SSSR count). The molecule has 1 N–H and O–H groups in total. The van der Waals surface area contributed by atoms with Crippen LogP contribution in [0.1, 0.15) is 29.2 Å². The van der Waals surface area contributed by atoms with Crippen LogP contribution in [0.2, 0.25) is 0 Å². The number of aliphatic hydroxyl groups is 1. The molecule has 1 saturated heterocycles. The van der Waals surface area contributed by atoms with Gasteiger partial charge in [-0.25, -0.2) is 9.97 Å². The Morgan fingerprint density at radius 2 is 2.10 bits per heavy atom. The number of nitrogens with zero attached hydrogens (tertiary/aromatic N) is 3. The second kappa shape index (κ2) is 5.59. The van der Waals surface area contributed by atoms with E-state index in [1.54, 1.807) is 6.20 Å². The van der Waals surface area contributed by atoms with E-state index in [0.717, 1.165) is 36.7 Å². The van der Waals surface area contributed by atoms with Gasteiger partial charge in [-0.15, -0.1) is 0 Å². The van der Waals surface area contributed by atoms with E-state index in [1.165, 1.54) is 5.56 Å². The lowest BCUT2D eigenvalue weighted by Crippen LogP contribution is -2.22. The van der Waals surface area contributed by atoms with Crippen LogP contribution >= 0.6 is 0 Å². The van der Waals surface area contributed by atoms with E-state index in [1.807, 2.05) is 6.92 Å². The molecule has 0 bridgehead atoms. The van der Waals surface area contributed by atoms with Crippen molar-refractivity contribution >= 4 is 5.95 Å². The van der Waals surface area contributed by atoms with Gasteiger partial charge in [-0.3, -0.25) is 0 Å². The van der Waals surface area contributed by atoms with Crippen LogP contribution in [-0.4, -0.2) is 28.2 Å². The molecule has 0 saturated carbocycles. The normalized spacial score (nSPS) is 18.5. The Balaban J connectivity index is 1.76. The number of hydrogen-bond donors (Lipinski definition) is 1. The van der Waals surface area contributed by atoms with Crippen LogP contribution in [0.15, 0.2) is 36.5 Å². The number of hydrogen-bond acceptors (Lipinski definition) is 4. The molecule has 1 aliphatic heterocycles. The predicted molar refractivity (Wildman–Crippen MR) is 78.7 cm³/mol. The lowest BCUT2D eigenvalue weighted by molar-refractivity contribution is 0.280. The molecular formula is C16H19N3O. The maximum absolute atomic E-state index is 9.17. The highest BCUT2D eigenvalue weighted by molar-refractivity contribution is 5.37. The van der Waals surface area contributed by atoms with Crippen LogP contribution in [-0.2, 0) is 6.61 Å². The Hall–Kier alpha value is -1.94. The molecule has 1 aromatic heterocycles. The van der Waals surface area contributed by atoms with Crippen LogP contribution < -0.4 is 4.90 Å². The average Bonchev–Trinajstić information content (AvgIpc) is 2.98. The topological polar surface area (TPSA) is 49.2 Å². The zero-order valence-corrected chi connectivity index (χ0v) is 11.7. The first-order valence-corrected chi connectivity index (χ1v) is 7.01. The molecule has 1 aromatic carbocycles. The molecule has 1 atom stereocenters. The van der Waals surface area contributed by atoms with Crippen LogP contribution in [0.3, 0.4) is 0 Å². The van der Waals surface area contributed by atoms with Gasteiger partial charge < -0.3 is 10.0 Å². The van der Waals surface area contributed by atoms with Gasteiger partial charge in [-0.05, 0) is 18.9 Å². The number of aliphatic hydroxyl groups excluding tert-OH is 1. The van der Waals surface area contributed by atoms with Crippen molar-refractivity contribution in [2.75, 3.05) is 18.0 Å². The molecule has 2 aromatic rings. The van der Waals surface area contributed by atoms with E-state index in [2.05, 4.69) is 45.2 Å². The van der Waals surface area contributed by atoms with Crippen LogP contribution in [0, 0.1) is 6.92 Å². The Bertz CT molecular complexity index is 586. The van der Waals surface area contributed by atoms with E-state index in [0.29, 0.717) is 5.92 Å². The van der Waals surface area contributed by atoms with Gasteiger partial charge >= 0.3 is 0 Å². The van der Waals surface area contributed by atoms with E-state index >= 15 is 0 Å². The second-order valence-corrected chi connectivity index (χ2v) is 5.28. The van der Waals surface area contributed by atoms with Crippen molar-refractivity contribution in [2.24, 2.45) is 0 Å². The maximum Gasteiger partial charge on any atom is 0.225 e. The first-order chi connectivity index (χ1) is 9.78. The van der Waals surface area contributed by atoms with Crippen molar-refractivity contribution in [1.29, 1.82) is 0 Å². The summed E-state index contributed by atoms with van der Waals surface area (Å²) in [5.41, 5.74) is 3.05. The van der Waals surface area contributed by atoms with Gasteiger partial charge in [0.2, 0.25) is 5.95 Å². The smallest absolute Gasteiger partial charge is 0.225 e. The number of aryl methyl sites for hydroxylation is 1. The van der Waals surface area contributed by atoms with E-state index in [-0.39, 0.29) is 6.61 Å². The summed E-state index contributed by atoms with van der Waals surface area (Å²) in [4.78, 5) is 11.1. The van der Waals surface area contributed by atoms with Gasteiger partial charge in [-0.1, -0.05) is 30.3 Å². The highest BCUT2D eigenvalue weighted by Crippen LogP contribution is 2.29. The zero-order valence-electron chi connectivity index (χ0n) is 11.7. The Morgan fingerprint density at radius 1 is 1.30 bits per heavy atom. The van der Waals surface area contributed by atoms with Gasteiger partial charge in [0.25, 0.3) is 0 Å². The lowest BCUT2D eigenvalue weighted by atomic mass is 9.99. The van der Waals surface area contributed by atoms with Gasteiger partial charge in [0, 0.05) is 36.5 Å². The van der Waals surface area contributed by atoms with Crippen molar-refractivity contribution in [3.8, 4) is 0 Å². The standard InChI is InChI=1S/C16H19N3O/c1-12-15(11-20)9-17-16(18-12)19-8-7-14(10-19)13-5-3-2-4-6-13/h2-6,9,14,20H,7-8,10-11H2,1H3. The second-order valence-electron chi connectivity index (χ2n) is 5.28. The third kappa shape index (κ3) is 2.51. The summed E-state index contributed by atoms with van der Waals surface area (Å²) in [6.07, 6.45) is 2.86. The Morgan fingerprint density at radius 3 is 2.80 bits per heavy atom. The predicted octanol–water partition coefficient (Wildman–Crippen LogP) is 2.27. The molecule has 0 spiro atoms. The number of anilines is 1. The molecular weight excluding hydrogens is 250 g/mol. The summed E-state index contributed by atoms with van der Waals surface area (Å²) in [5.74, 6) is 1.33. The van der Waals surface area contributed by atoms with Crippen LogP contribution in [0.5, 0.6) is 0 Å².